The van der Waals surface area contributed by atoms with E-state index in [2.05, 4.69) is 0 Å². The summed E-state index contributed by atoms with van der Waals surface area (Å²) in [5.74, 6) is 2.24. The quantitative estimate of drug-likeness (QED) is 0.758. The van der Waals surface area contributed by atoms with Gasteiger partial charge in [-0.2, -0.15) is 0 Å². The van der Waals surface area contributed by atoms with Gasteiger partial charge in [-0.1, -0.05) is 25.1 Å². The van der Waals surface area contributed by atoms with Gasteiger partial charge in [-0.05, 0) is 32.3 Å². The fraction of sp³-hybridized carbons (Fsp3) is 0.478. The molecule has 30 heavy (non-hydrogen) atoms. The third kappa shape index (κ3) is 3.64. The van der Waals surface area contributed by atoms with Crippen LogP contribution in [0.25, 0.3) is 0 Å². The molecular formula is C23H28N4O3. The summed E-state index contributed by atoms with van der Waals surface area (Å²) in [6, 6.07) is 7.60. The first-order chi connectivity index (χ1) is 14.5. The van der Waals surface area contributed by atoms with E-state index in [1.54, 1.807) is 12.0 Å². The lowest BCUT2D eigenvalue weighted by Crippen LogP contribution is -2.37. The zero-order chi connectivity index (χ0) is 21.3. The molecule has 4 rings (SSSR count). The molecule has 1 aromatic heterocycles. The van der Waals surface area contributed by atoms with Gasteiger partial charge in [0.15, 0.2) is 5.82 Å². The molecule has 2 amide bonds. The van der Waals surface area contributed by atoms with Crippen LogP contribution in [0.1, 0.15) is 61.3 Å². The van der Waals surface area contributed by atoms with E-state index in [9.17, 15) is 9.59 Å². The zero-order valence-electron chi connectivity index (χ0n) is 17.9. The minimum atomic E-state index is -0.119. The monoisotopic (exact) mass is 408 g/mol. The molecule has 0 spiro atoms. The van der Waals surface area contributed by atoms with E-state index in [0.29, 0.717) is 37.4 Å². The fourth-order valence-electron chi connectivity index (χ4n) is 4.46. The fourth-order valence-corrected chi connectivity index (χ4v) is 4.46. The average molecular weight is 409 g/mol. The number of carbonyl (C=O) groups excluding carboxylic acids is 2. The third-order valence-corrected chi connectivity index (χ3v) is 6.05. The smallest absolute Gasteiger partial charge is 0.228 e. The van der Waals surface area contributed by atoms with Crippen LogP contribution in [0, 0.1) is 6.92 Å². The van der Waals surface area contributed by atoms with Crippen molar-refractivity contribution in [3.05, 3.63) is 46.9 Å². The van der Waals surface area contributed by atoms with E-state index in [4.69, 9.17) is 14.7 Å². The van der Waals surface area contributed by atoms with E-state index >= 15 is 0 Å². The first-order valence-corrected chi connectivity index (χ1v) is 10.6. The van der Waals surface area contributed by atoms with Crippen molar-refractivity contribution in [3.63, 3.8) is 0 Å². The van der Waals surface area contributed by atoms with Gasteiger partial charge in [0.1, 0.15) is 11.6 Å². The maximum Gasteiger partial charge on any atom is 0.228 e. The number of hydrogen-bond acceptors (Lipinski definition) is 5. The summed E-state index contributed by atoms with van der Waals surface area (Å²) in [5, 5.41) is 0. The van der Waals surface area contributed by atoms with Crippen molar-refractivity contribution < 1.29 is 14.3 Å². The molecule has 0 saturated carbocycles. The van der Waals surface area contributed by atoms with Gasteiger partial charge in [0, 0.05) is 36.2 Å². The number of hydrogen-bond donors (Lipinski definition) is 0. The van der Waals surface area contributed by atoms with Gasteiger partial charge in [0.2, 0.25) is 11.8 Å². The third-order valence-electron chi connectivity index (χ3n) is 6.05. The molecule has 2 aromatic rings. The van der Waals surface area contributed by atoms with Gasteiger partial charge >= 0.3 is 0 Å². The first-order valence-electron chi connectivity index (χ1n) is 10.6. The number of aromatic nitrogens is 2. The molecule has 158 valence electrons. The van der Waals surface area contributed by atoms with Crippen molar-refractivity contribution in [2.24, 2.45) is 0 Å². The number of aryl methyl sites for hydroxylation is 1. The van der Waals surface area contributed by atoms with Crippen LogP contribution in [0.5, 0.6) is 5.75 Å². The minimum absolute atomic E-state index is 0.0466. The Morgan fingerprint density at radius 2 is 2.03 bits per heavy atom. The van der Waals surface area contributed by atoms with Crippen LogP contribution < -0.4 is 9.64 Å². The summed E-state index contributed by atoms with van der Waals surface area (Å²) in [6.07, 6.45) is 3.35. The van der Waals surface area contributed by atoms with Crippen LogP contribution in [-0.2, 0) is 22.6 Å². The lowest BCUT2D eigenvalue weighted by atomic mass is 10.0. The van der Waals surface area contributed by atoms with Gasteiger partial charge in [-0.25, -0.2) is 9.97 Å². The summed E-state index contributed by atoms with van der Waals surface area (Å²) < 4.78 is 5.48. The predicted octanol–water partition coefficient (Wildman–Crippen LogP) is 3.35. The Kier molecular flexibility index (Phi) is 5.70. The second-order valence-electron chi connectivity index (χ2n) is 7.86. The molecule has 3 heterocycles. The first kappa shape index (κ1) is 20.3. The Morgan fingerprint density at radius 1 is 1.23 bits per heavy atom. The Bertz CT molecular complexity index is 975. The Labute approximate surface area is 177 Å². The Morgan fingerprint density at radius 3 is 2.80 bits per heavy atom. The van der Waals surface area contributed by atoms with Crippen molar-refractivity contribution in [2.75, 3.05) is 18.6 Å². The number of benzene rings is 1. The van der Waals surface area contributed by atoms with Crippen molar-refractivity contribution in [2.45, 2.75) is 58.5 Å². The summed E-state index contributed by atoms with van der Waals surface area (Å²) in [5.41, 5.74) is 2.84. The maximum absolute atomic E-state index is 12.9. The lowest BCUT2D eigenvalue weighted by molar-refractivity contribution is -0.132. The molecule has 1 atom stereocenters. The van der Waals surface area contributed by atoms with Crippen LogP contribution >= 0.6 is 0 Å². The summed E-state index contributed by atoms with van der Waals surface area (Å²) >= 11 is 0. The van der Waals surface area contributed by atoms with E-state index in [0.717, 1.165) is 42.0 Å². The van der Waals surface area contributed by atoms with Crippen LogP contribution in [0.2, 0.25) is 0 Å². The Hall–Kier alpha value is -2.96. The zero-order valence-corrected chi connectivity index (χ0v) is 17.9. The van der Waals surface area contributed by atoms with Gasteiger partial charge in [0.25, 0.3) is 0 Å². The van der Waals surface area contributed by atoms with Crippen LogP contribution in [0.15, 0.2) is 24.3 Å². The molecular weight excluding hydrogens is 380 g/mol. The van der Waals surface area contributed by atoms with E-state index in [1.165, 1.54) is 0 Å². The van der Waals surface area contributed by atoms with Gasteiger partial charge in [0.05, 0.1) is 19.7 Å². The highest BCUT2D eigenvalue weighted by atomic mass is 16.5. The highest BCUT2D eigenvalue weighted by Gasteiger charge is 2.34. The van der Waals surface area contributed by atoms with Crippen molar-refractivity contribution in [1.82, 2.24) is 14.9 Å². The van der Waals surface area contributed by atoms with Crippen LogP contribution in [-0.4, -0.2) is 40.3 Å². The Balaban J connectivity index is 1.73. The van der Waals surface area contributed by atoms with Crippen molar-refractivity contribution in [3.8, 4) is 5.75 Å². The van der Waals surface area contributed by atoms with E-state index in [-0.39, 0.29) is 17.9 Å². The molecule has 0 radical (unpaired) electrons. The van der Waals surface area contributed by atoms with Gasteiger partial charge in [-0.15, -0.1) is 0 Å². The maximum atomic E-state index is 12.9. The molecule has 1 aromatic carbocycles. The second kappa shape index (κ2) is 8.42. The number of ether oxygens (including phenoxy) is 1. The normalized spacial score (nSPS) is 18.5. The van der Waals surface area contributed by atoms with Crippen LogP contribution in [0.4, 0.5) is 5.82 Å². The molecule has 7 nitrogen and oxygen atoms in total. The number of rotatable bonds is 5. The number of likely N-dealkylation sites (tertiary alicyclic amines) is 1. The number of amides is 2. The van der Waals surface area contributed by atoms with Crippen molar-refractivity contribution >= 4 is 17.6 Å². The average Bonchev–Trinajstić information content (AvgIpc) is 3.25. The lowest BCUT2D eigenvalue weighted by Gasteiger charge is -2.31. The number of carbonyl (C=O) groups is 2. The van der Waals surface area contributed by atoms with Gasteiger partial charge in [-0.3, -0.25) is 14.5 Å². The molecule has 2 aliphatic rings. The highest BCUT2D eigenvalue weighted by Crippen LogP contribution is 2.35. The van der Waals surface area contributed by atoms with Crippen LogP contribution in [0.3, 0.4) is 0 Å². The highest BCUT2D eigenvalue weighted by molar-refractivity contribution is 5.95. The molecule has 0 N–H and O–H groups in total. The molecule has 1 saturated heterocycles. The number of para-hydroxylation sites is 1. The number of anilines is 1. The number of fused-ring (bicyclic) bond motifs is 1. The summed E-state index contributed by atoms with van der Waals surface area (Å²) in [7, 11) is 1.63. The minimum Gasteiger partial charge on any atom is -0.496 e. The standard InChI is InChI=1S/C23H28N4O3/c1-4-20(28)26-13-7-9-18(26)22-24-15(2)17-11-12-21(29)27(23(17)25-22)14-16-8-5-6-10-19(16)30-3/h5-6,8,10,18H,4,7,9,11-14H2,1-3H3. The number of nitrogens with zero attached hydrogens (tertiary/aromatic N) is 4. The molecule has 0 bridgehead atoms. The topological polar surface area (TPSA) is 75.6 Å². The van der Waals surface area contributed by atoms with E-state index in [1.807, 2.05) is 43.0 Å². The molecule has 1 unspecified atom stereocenters. The summed E-state index contributed by atoms with van der Waals surface area (Å²) in [6.45, 7) is 4.99. The molecule has 1 fully saturated rings. The van der Waals surface area contributed by atoms with Gasteiger partial charge < -0.3 is 9.64 Å². The van der Waals surface area contributed by atoms with E-state index < -0.39 is 0 Å². The SMILES string of the molecule is CCC(=O)N1CCCC1c1nc(C)c2c(n1)N(Cc1ccccc1OC)C(=O)CC2. The largest absolute Gasteiger partial charge is 0.496 e. The molecule has 7 heteroatoms. The second-order valence-corrected chi connectivity index (χ2v) is 7.86. The number of methoxy groups -OCH3 is 1. The summed E-state index contributed by atoms with van der Waals surface area (Å²) in [4.78, 5) is 38.5. The predicted molar refractivity (Wildman–Crippen MR) is 113 cm³/mol. The molecule has 2 aliphatic heterocycles. The molecule has 0 aliphatic carbocycles. The van der Waals surface area contributed by atoms with Crippen molar-refractivity contribution in [1.29, 1.82) is 0 Å².